The van der Waals surface area contributed by atoms with E-state index in [1.165, 1.54) is 17.4 Å². The number of aromatic nitrogens is 1. The highest BCUT2D eigenvalue weighted by Crippen LogP contribution is 2.31. The van der Waals surface area contributed by atoms with Crippen LogP contribution in [-0.2, 0) is 0 Å². The Kier molecular flexibility index (Phi) is 2.84. The van der Waals surface area contributed by atoms with Gasteiger partial charge in [0.1, 0.15) is 22.5 Å². The van der Waals surface area contributed by atoms with Gasteiger partial charge in [0.25, 0.3) is 0 Å². The standard InChI is InChI=1S/C11H8FN3S/c1-14-11-15-10(9(6-13)16-11)7-4-2-3-5-8(7)12/h2-5H,1H3,(H,14,15). The van der Waals surface area contributed by atoms with Crippen molar-refractivity contribution in [2.24, 2.45) is 0 Å². The largest absolute Gasteiger partial charge is 0.365 e. The van der Waals surface area contributed by atoms with Gasteiger partial charge in [0.05, 0.1) is 0 Å². The van der Waals surface area contributed by atoms with Crippen LogP contribution in [0.1, 0.15) is 4.88 Å². The summed E-state index contributed by atoms with van der Waals surface area (Å²) in [7, 11) is 1.71. The summed E-state index contributed by atoms with van der Waals surface area (Å²) in [5, 5.41) is 12.4. The van der Waals surface area contributed by atoms with Crippen molar-refractivity contribution in [2.75, 3.05) is 12.4 Å². The summed E-state index contributed by atoms with van der Waals surface area (Å²) >= 11 is 1.21. The van der Waals surface area contributed by atoms with Crippen LogP contribution < -0.4 is 5.32 Å². The maximum absolute atomic E-state index is 13.5. The smallest absolute Gasteiger partial charge is 0.184 e. The number of thiazole rings is 1. The highest BCUT2D eigenvalue weighted by molar-refractivity contribution is 7.16. The summed E-state index contributed by atoms with van der Waals surface area (Å²) < 4.78 is 13.5. The van der Waals surface area contributed by atoms with Crippen LogP contribution in [-0.4, -0.2) is 12.0 Å². The lowest BCUT2D eigenvalue weighted by Crippen LogP contribution is -1.88. The number of nitriles is 1. The molecule has 1 N–H and O–H groups in total. The lowest BCUT2D eigenvalue weighted by molar-refractivity contribution is 0.631. The highest BCUT2D eigenvalue weighted by Gasteiger charge is 2.14. The van der Waals surface area contributed by atoms with Gasteiger partial charge < -0.3 is 5.32 Å². The molecule has 0 aliphatic rings. The van der Waals surface area contributed by atoms with Crippen molar-refractivity contribution in [3.05, 3.63) is 35.0 Å². The van der Waals surface area contributed by atoms with E-state index in [4.69, 9.17) is 5.26 Å². The summed E-state index contributed by atoms with van der Waals surface area (Å²) in [4.78, 5) is 4.59. The minimum Gasteiger partial charge on any atom is -0.365 e. The van der Waals surface area contributed by atoms with E-state index in [-0.39, 0.29) is 5.82 Å². The molecule has 0 aliphatic heterocycles. The maximum Gasteiger partial charge on any atom is 0.184 e. The second-order valence-corrected chi connectivity index (χ2v) is 4.04. The van der Waals surface area contributed by atoms with Gasteiger partial charge in [0, 0.05) is 12.6 Å². The summed E-state index contributed by atoms with van der Waals surface area (Å²) in [6, 6.07) is 8.32. The monoisotopic (exact) mass is 233 g/mol. The third-order valence-electron chi connectivity index (χ3n) is 2.07. The van der Waals surface area contributed by atoms with Gasteiger partial charge in [-0.25, -0.2) is 9.37 Å². The second kappa shape index (κ2) is 4.29. The molecule has 80 valence electrons. The quantitative estimate of drug-likeness (QED) is 0.867. The van der Waals surface area contributed by atoms with E-state index in [2.05, 4.69) is 10.3 Å². The Morgan fingerprint density at radius 3 is 2.81 bits per heavy atom. The first kappa shape index (κ1) is 10.6. The number of hydrogen-bond donors (Lipinski definition) is 1. The molecule has 2 rings (SSSR count). The van der Waals surface area contributed by atoms with Crippen molar-refractivity contribution in [1.82, 2.24) is 4.98 Å². The molecular weight excluding hydrogens is 225 g/mol. The average Bonchev–Trinajstić information content (AvgIpc) is 2.72. The van der Waals surface area contributed by atoms with Crippen molar-refractivity contribution >= 4 is 16.5 Å². The zero-order valence-corrected chi connectivity index (χ0v) is 9.31. The van der Waals surface area contributed by atoms with Crippen molar-refractivity contribution in [3.8, 4) is 17.3 Å². The number of rotatable bonds is 2. The molecule has 16 heavy (non-hydrogen) atoms. The zero-order valence-electron chi connectivity index (χ0n) is 8.49. The Labute approximate surface area is 96.2 Å². The van der Waals surface area contributed by atoms with E-state index >= 15 is 0 Å². The highest BCUT2D eigenvalue weighted by atomic mass is 32.1. The van der Waals surface area contributed by atoms with Crippen LogP contribution in [0.3, 0.4) is 0 Å². The molecule has 1 aromatic heterocycles. The lowest BCUT2D eigenvalue weighted by atomic mass is 10.1. The molecule has 3 nitrogen and oxygen atoms in total. The molecule has 0 fully saturated rings. The van der Waals surface area contributed by atoms with Crippen LogP contribution >= 0.6 is 11.3 Å². The Bertz CT molecular complexity index is 557. The van der Waals surface area contributed by atoms with Crippen molar-refractivity contribution < 1.29 is 4.39 Å². The molecule has 0 amide bonds. The molecule has 1 heterocycles. The molecular formula is C11H8FN3S. The Hall–Kier alpha value is -1.93. The van der Waals surface area contributed by atoms with E-state index in [0.717, 1.165) is 0 Å². The Morgan fingerprint density at radius 1 is 1.44 bits per heavy atom. The number of hydrogen-bond acceptors (Lipinski definition) is 4. The molecule has 2 aromatic rings. The zero-order chi connectivity index (χ0) is 11.5. The van der Waals surface area contributed by atoms with Gasteiger partial charge >= 0.3 is 0 Å². The molecule has 0 spiro atoms. The SMILES string of the molecule is CNc1nc(-c2ccccc2F)c(C#N)s1. The molecule has 0 unspecified atom stereocenters. The number of anilines is 1. The Morgan fingerprint density at radius 2 is 2.19 bits per heavy atom. The number of halogens is 1. The molecule has 5 heteroatoms. The number of nitrogens with one attached hydrogen (secondary N) is 1. The summed E-state index contributed by atoms with van der Waals surface area (Å²) in [6.45, 7) is 0. The van der Waals surface area contributed by atoms with E-state index < -0.39 is 0 Å². The van der Waals surface area contributed by atoms with E-state index in [1.807, 2.05) is 6.07 Å². The first-order valence-electron chi connectivity index (χ1n) is 4.60. The van der Waals surface area contributed by atoms with Gasteiger partial charge in [-0.3, -0.25) is 0 Å². The fraction of sp³-hybridized carbons (Fsp3) is 0.0909. The molecule has 0 saturated heterocycles. The van der Waals surface area contributed by atoms with Crippen molar-refractivity contribution in [2.45, 2.75) is 0 Å². The predicted octanol–water partition coefficient (Wildman–Crippen LogP) is 2.86. The first-order chi connectivity index (χ1) is 7.76. The number of nitrogens with zero attached hydrogens (tertiary/aromatic N) is 2. The molecule has 0 atom stereocenters. The Balaban J connectivity index is 2.60. The topological polar surface area (TPSA) is 48.7 Å². The van der Waals surface area contributed by atoms with Gasteiger partial charge in [-0.1, -0.05) is 23.5 Å². The molecule has 0 saturated carbocycles. The van der Waals surface area contributed by atoms with E-state index in [0.29, 0.717) is 21.3 Å². The van der Waals surface area contributed by atoms with Gasteiger partial charge in [0.2, 0.25) is 0 Å². The summed E-state index contributed by atoms with van der Waals surface area (Å²) in [5.74, 6) is -0.369. The summed E-state index contributed by atoms with van der Waals surface area (Å²) in [6.07, 6.45) is 0. The van der Waals surface area contributed by atoms with Crippen LogP contribution in [0.4, 0.5) is 9.52 Å². The average molecular weight is 233 g/mol. The molecule has 0 aliphatic carbocycles. The lowest BCUT2D eigenvalue weighted by Gasteiger charge is -1.98. The molecule has 0 bridgehead atoms. The van der Waals surface area contributed by atoms with E-state index in [1.54, 1.807) is 25.2 Å². The van der Waals surface area contributed by atoms with Gasteiger partial charge in [-0.15, -0.1) is 0 Å². The number of benzene rings is 1. The molecule has 0 radical (unpaired) electrons. The van der Waals surface area contributed by atoms with Crippen LogP contribution in [0.15, 0.2) is 24.3 Å². The van der Waals surface area contributed by atoms with Crippen LogP contribution in [0.5, 0.6) is 0 Å². The predicted molar refractivity (Wildman–Crippen MR) is 61.8 cm³/mol. The molecule has 1 aromatic carbocycles. The van der Waals surface area contributed by atoms with E-state index in [9.17, 15) is 4.39 Å². The minimum absolute atomic E-state index is 0.358. The first-order valence-corrected chi connectivity index (χ1v) is 5.41. The van der Waals surface area contributed by atoms with Crippen molar-refractivity contribution in [1.29, 1.82) is 5.26 Å². The normalized spacial score (nSPS) is 9.81. The second-order valence-electron chi connectivity index (χ2n) is 3.04. The maximum atomic E-state index is 13.5. The van der Waals surface area contributed by atoms with Crippen molar-refractivity contribution in [3.63, 3.8) is 0 Å². The minimum atomic E-state index is -0.369. The van der Waals surface area contributed by atoms with Gasteiger partial charge in [0.15, 0.2) is 5.13 Å². The third-order valence-corrected chi connectivity index (χ3v) is 3.05. The van der Waals surface area contributed by atoms with Crippen LogP contribution in [0.2, 0.25) is 0 Å². The van der Waals surface area contributed by atoms with Gasteiger partial charge in [-0.05, 0) is 12.1 Å². The third kappa shape index (κ3) is 1.75. The van der Waals surface area contributed by atoms with Crippen LogP contribution in [0.25, 0.3) is 11.3 Å². The fourth-order valence-electron chi connectivity index (χ4n) is 1.34. The fourth-order valence-corrected chi connectivity index (χ4v) is 2.07. The van der Waals surface area contributed by atoms with Gasteiger partial charge in [-0.2, -0.15) is 5.26 Å². The summed E-state index contributed by atoms with van der Waals surface area (Å²) in [5.41, 5.74) is 0.756. The van der Waals surface area contributed by atoms with Crippen LogP contribution in [0, 0.1) is 17.1 Å².